The first kappa shape index (κ1) is 16.2. The topological polar surface area (TPSA) is 49.0 Å². The zero-order valence-electron chi connectivity index (χ0n) is 13.9. The van der Waals surface area contributed by atoms with Gasteiger partial charge >= 0.3 is 0 Å². The van der Waals surface area contributed by atoms with Crippen molar-refractivity contribution in [1.82, 2.24) is 14.9 Å². The second-order valence-electron chi connectivity index (χ2n) is 6.56. The molecule has 1 aromatic carbocycles. The number of rotatable bonds is 2. The lowest BCUT2D eigenvalue weighted by atomic mass is 10.0. The summed E-state index contributed by atoms with van der Waals surface area (Å²) in [6, 6.07) is 11.7. The number of halogens is 1. The van der Waals surface area contributed by atoms with Gasteiger partial charge < -0.3 is 9.88 Å². The van der Waals surface area contributed by atoms with Crippen LogP contribution in [0.25, 0.3) is 10.9 Å². The van der Waals surface area contributed by atoms with E-state index in [9.17, 15) is 4.79 Å². The number of fused-ring (bicyclic) bond motifs is 1. The molecule has 1 saturated heterocycles. The number of likely N-dealkylation sites (tertiary alicyclic amines) is 1. The van der Waals surface area contributed by atoms with Crippen molar-refractivity contribution >= 4 is 28.4 Å². The van der Waals surface area contributed by atoms with Gasteiger partial charge in [-0.15, -0.1) is 0 Å². The summed E-state index contributed by atoms with van der Waals surface area (Å²) in [5.41, 5.74) is 2.67. The number of carbonyl (C=O) groups excluding carboxylic acids is 1. The molecule has 1 unspecified atom stereocenters. The molecule has 0 saturated carbocycles. The van der Waals surface area contributed by atoms with Crippen LogP contribution in [0.4, 0.5) is 0 Å². The SMILES string of the molecule is O=C(c1cc2ccc(Cl)cc2[nH]1)N1CCCCCC1c1ccncc1. The second-order valence-corrected chi connectivity index (χ2v) is 7.00. The van der Waals surface area contributed by atoms with E-state index < -0.39 is 0 Å². The van der Waals surface area contributed by atoms with E-state index >= 15 is 0 Å². The van der Waals surface area contributed by atoms with Crippen LogP contribution in [0.15, 0.2) is 48.8 Å². The fourth-order valence-corrected chi connectivity index (χ4v) is 3.82. The van der Waals surface area contributed by atoms with Crippen molar-refractivity contribution in [3.05, 3.63) is 65.1 Å². The zero-order valence-corrected chi connectivity index (χ0v) is 14.7. The number of amides is 1. The van der Waals surface area contributed by atoms with E-state index in [0.29, 0.717) is 10.7 Å². The third-order valence-corrected chi connectivity index (χ3v) is 5.15. The fraction of sp³-hybridized carbons (Fsp3) is 0.300. The van der Waals surface area contributed by atoms with Gasteiger partial charge in [-0.2, -0.15) is 0 Å². The number of aromatic nitrogens is 2. The molecule has 3 aromatic rings. The minimum absolute atomic E-state index is 0.0519. The van der Waals surface area contributed by atoms with Crippen molar-refractivity contribution in [2.75, 3.05) is 6.54 Å². The molecular formula is C20H20ClN3O. The molecule has 128 valence electrons. The summed E-state index contributed by atoms with van der Waals surface area (Å²) in [5, 5.41) is 1.67. The van der Waals surface area contributed by atoms with Gasteiger partial charge in [0.15, 0.2) is 0 Å². The number of H-pyrrole nitrogens is 1. The van der Waals surface area contributed by atoms with E-state index in [2.05, 4.69) is 9.97 Å². The summed E-state index contributed by atoms with van der Waals surface area (Å²) in [5.74, 6) is 0.0519. The van der Waals surface area contributed by atoms with Crippen LogP contribution < -0.4 is 0 Å². The summed E-state index contributed by atoms with van der Waals surface area (Å²) in [6.45, 7) is 0.780. The van der Waals surface area contributed by atoms with Crippen LogP contribution in [0.5, 0.6) is 0 Å². The molecule has 0 bridgehead atoms. The number of carbonyl (C=O) groups is 1. The molecule has 4 rings (SSSR count). The standard InChI is InChI=1S/C20H20ClN3O/c21-16-6-5-15-12-18(23-17(15)13-16)20(25)24-11-3-1-2-4-19(24)14-7-9-22-10-8-14/h5-10,12-13,19,23H,1-4,11H2. The molecule has 5 heteroatoms. The van der Waals surface area contributed by atoms with Crippen molar-refractivity contribution in [1.29, 1.82) is 0 Å². The van der Waals surface area contributed by atoms with Gasteiger partial charge in [-0.25, -0.2) is 0 Å². The Morgan fingerprint density at radius 2 is 1.96 bits per heavy atom. The molecule has 1 amide bonds. The Balaban J connectivity index is 1.69. The average molecular weight is 354 g/mol. The number of aromatic amines is 1. The third-order valence-electron chi connectivity index (χ3n) is 4.92. The highest BCUT2D eigenvalue weighted by Crippen LogP contribution is 2.31. The Bertz CT molecular complexity index is 890. The monoisotopic (exact) mass is 353 g/mol. The summed E-state index contributed by atoms with van der Waals surface area (Å²) >= 11 is 6.06. The van der Waals surface area contributed by atoms with Crippen LogP contribution >= 0.6 is 11.6 Å². The molecule has 3 heterocycles. The maximum absolute atomic E-state index is 13.2. The van der Waals surface area contributed by atoms with Gasteiger partial charge in [0.25, 0.3) is 5.91 Å². The maximum Gasteiger partial charge on any atom is 0.270 e. The molecule has 4 nitrogen and oxygen atoms in total. The van der Waals surface area contributed by atoms with E-state index in [-0.39, 0.29) is 11.9 Å². The lowest BCUT2D eigenvalue weighted by molar-refractivity contribution is 0.0675. The van der Waals surface area contributed by atoms with Crippen molar-refractivity contribution in [2.24, 2.45) is 0 Å². The van der Waals surface area contributed by atoms with E-state index in [1.54, 1.807) is 12.4 Å². The van der Waals surface area contributed by atoms with Gasteiger partial charge in [-0.3, -0.25) is 9.78 Å². The van der Waals surface area contributed by atoms with Crippen molar-refractivity contribution < 1.29 is 4.79 Å². The Morgan fingerprint density at radius 1 is 1.12 bits per heavy atom. The number of nitrogens with zero attached hydrogens (tertiary/aromatic N) is 2. The predicted molar refractivity (Wildman–Crippen MR) is 99.8 cm³/mol. The van der Waals surface area contributed by atoms with Gasteiger partial charge in [0.05, 0.1) is 6.04 Å². The molecule has 2 aromatic heterocycles. The lowest BCUT2D eigenvalue weighted by Gasteiger charge is -2.30. The quantitative estimate of drug-likeness (QED) is 0.706. The van der Waals surface area contributed by atoms with Crippen LogP contribution in [-0.2, 0) is 0 Å². The third kappa shape index (κ3) is 3.27. The Hall–Kier alpha value is -2.33. The number of benzene rings is 1. The highest BCUT2D eigenvalue weighted by molar-refractivity contribution is 6.31. The number of pyridine rings is 1. The van der Waals surface area contributed by atoms with E-state index in [0.717, 1.165) is 48.7 Å². The second kappa shape index (κ2) is 6.89. The molecule has 1 N–H and O–H groups in total. The summed E-state index contributed by atoms with van der Waals surface area (Å²) in [6.07, 6.45) is 7.93. The lowest BCUT2D eigenvalue weighted by Crippen LogP contribution is -2.35. The van der Waals surface area contributed by atoms with Crippen molar-refractivity contribution in [3.63, 3.8) is 0 Å². The minimum Gasteiger partial charge on any atom is -0.350 e. The first-order chi connectivity index (χ1) is 12.2. The first-order valence-corrected chi connectivity index (χ1v) is 9.09. The van der Waals surface area contributed by atoms with Gasteiger partial charge in [0.1, 0.15) is 5.69 Å². The smallest absolute Gasteiger partial charge is 0.270 e. The normalized spacial score (nSPS) is 18.3. The van der Waals surface area contributed by atoms with Crippen molar-refractivity contribution in [3.8, 4) is 0 Å². The molecule has 0 aliphatic carbocycles. The Morgan fingerprint density at radius 3 is 2.80 bits per heavy atom. The van der Waals surface area contributed by atoms with Gasteiger partial charge in [0.2, 0.25) is 0 Å². The average Bonchev–Trinajstić information content (AvgIpc) is 2.90. The van der Waals surface area contributed by atoms with Gasteiger partial charge in [-0.05, 0) is 48.7 Å². The summed E-state index contributed by atoms with van der Waals surface area (Å²) < 4.78 is 0. The molecule has 1 atom stereocenters. The predicted octanol–water partition coefficient (Wildman–Crippen LogP) is 4.97. The number of nitrogens with one attached hydrogen (secondary N) is 1. The van der Waals surface area contributed by atoms with Crippen LogP contribution in [0.2, 0.25) is 5.02 Å². The van der Waals surface area contributed by atoms with Gasteiger partial charge in [0, 0.05) is 34.9 Å². The number of hydrogen-bond donors (Lipinski definition) is 1. The Labute approximate surface area is 151 Å². The molecule has 1 fully saturated rings. The zero-order chi connectivity index (χ0) is 17.2. The minimum atomic E-state index is 0.0519. The molecule has 1 aliphatic rings. The first-order valence-electron chi connectivity index (χ1n) is 8.71. The van der Waals surface area contributed by atoms with Crippen LogP contribution in [-0.4, -0.2) is 27.3 Å². The van der Waals surface area contributed by atoms with Crippen LogP contribution in [0, 0.1) is 0 Å². The Kier molecular flexibility index (Phi) is 4.45. The highest BCUT2D eigenvalue weighted by Gasteiger charge is 2.28. The maximum atomic E-state index is 13.2. The molecule has 1 aliphatic heterocycles. The van der Waals surface area contributed by atoms with E-state index in [1.165, 1.54) is 0 Å². The summed E-state index contributed by atoms with van der Waals surface area (Å²) in [7, 11) is 0. The van der Waals surface area contributed by atoms with E-state index in [1.807, 2.05) is 41.3 Å². The van der Waals surface area contributed by atoms with Crippen molar-refractivity contribution in [2.45, 2.75) is 31.7 Å². The van der Waals surface area contributed by atoms with Crippen LogP contribution in [0.1, 0.15) is 47.8 Å². The van der Waals surface area contributed by atoms with Gasteiger partial charge in [-0.1, -0.05) is 30.5 Å². The molecule has 0 spiro atoms. The molecular weight excluding hydrogens is 334 g/mol. The molecule has 25 heavy (non-hydrogen) atoms. The van der Waals surface area contributed by atoms with E-state index in [4.69, 9.17) is 11.6 Å². The summed E-state index contributed by atoms with van der Waals surface area (Å²) in [4.78, 5) is 22.6. The highest BCUT2D eigenvalue weighted by atomic mass is 35.5. The van der Waals surface area contributed by atoms with Crippen LogP contribution in [0.3, 0.4) is 0 Å². The molecule has 0 radical (unpaired) electrons. The fourth-order valence-electron chi connectivity index (χ4n) is 3.65. The largest absolute Gasteiger partial charge is 0.350 e. The number of hydrogen-bond acceptors (Lipinski definition) is 2.